The summed E-state index contributed by atoms with van der Waals surface area (Å²) < 4.78 is 6.37. The van der Waals surface area contributed by atoms with Crippen molar-refractivity contribution in [3.8, 4) is 0 Å². The molecule has 7 heteroatoms. The SMILES string of the molecule is CC(C)(C)OC(=O)N1CC2C[C@@H](Nc3ccc(I)nn3)C[C@@H]2C1. The first-order chi connectivity index (χ1) is 10.8. The molecule has 0 bridgehead atoms. The van der Waals surface area contributed by atoms with Crippen molar-refractivity contribution in [2.24, 2.45) is 11.8 Å². The first kappa shape index (κ1) is 16.7. The largest absolute Gasteiger partial charge is 0.444 e. The van der Waals surface area contributed by atoms with E-state index in [0.29, 0.717) is 17.9 Å². The molecule has 2 aliphatic rings. The lowest BCUT2D eigenvalue weighted by atomic mass is 10.0. The van der Waals surface area contributed by atoms with E-state index in [-0.39, 0.29) is 6.09 Å². The van der Waals surface area contributed by atoms with Gasteiger partial charge in [0.05, 0.1) is 0 Å². The van der Waals surface area contributed by atoms with Crippen molar-refractivity contribution < 1.29 is 9.53 Å². The highest BCUT2D eigenvalue weighted by Crippen LogP contribution is 2.39. The fraction of sp³-hybridized carbons (Fsp3) is 0.688. The first-order valence-corrected chi connectivity index (χ1v) is 9.12. The van der Waals surface area contributed by atoms with Crippen molar-refractivity contribution >= 4 is 34.5 Å². The highest BCUT2D eigenvalue weighted by molar-refractivity contribution is 14.1. The van der Waals surface area contributed by atoms with Crippen LogP contribution < -0.4 is 5.32 Å². The molecule has 2 fully saturated rings. The molecule has 1 saturated carbocycles. The zero-order valence-corrected chi connectivity index (χ0v) is 15.9. The van der Waals surface area contributed by atoms with Crippen LogP contribution in [0.5, 0.6) is 0 Å². The number of halogens is 1. The molecule has 1 N–H and O–H groups in total. The summed E-state index contributed by atoms with van der Waals surface area (Å²) in [6.07, 6.45) is 1.95. The first-order valence-electron chi connectivity index (χ1n) is 8.04. The minimum atomic E-state index is -0.428. The van der Waals surface area contributed by atoms with E-state index in [2.05, 4.69) is 38.1 Å². The van der Waals surface area contributed by atoms with Gasteiger partial charge in [-0.1, -0.05) is 0 Å². The van der Waals surface area contributed by atoms with Gasteiger partial charge in [-0.3, -0.25) is 0 Å². The van der Waals surface area contributed by atoms with Crippen LogP contribution in [-0.4, -0.2) is 45.9 Å². The average Bonchev–Trinajstić information content (AvgIpc) is 2.97. The maximum absolute atomic E-state index is 12.2. The van der Waals surface area contributed by atoms with Gasteiger partial charge in [0, 0.05) is 19.1 Å². The number of anilines is 1. The Morgan fingerprint density at radius 1 is 1.26 bits per heavy atom. The number of hydrogen-bond donors (Lipinski definition) is 1. The molecule has 1 unspecified atom stereocenters. The van der Waals surface area contributed by atoms with E-state index in [9.17, 15) is 4.79 Å². The van der Waals surface area contributed by atoms with Crippen LogP contribution in [0.1, 0.15) is 33.6 Å². The Bertz CT molecular complexity index is 558. The third-order valence-electron chi connectivity index (χ3n) is 4.39. The van der Waals surface area contributed by atoms with E-state index in [1.165, 1.54) is 0 Å². The highest BCUT2D eigenvalue weighted by Gasteiger charge is 2.43. The number of carbonyl (C=O) groups excluding carboxylic acids is 1. The zero-order valence-electron chi connectivity index (χ0n) is 13.8. The van der Waals surface area contributed by atoms with Gasteiger partial charge in [0.25, 0.3) is 0 Å². The van der Waals surface area contributed by atoms with Crippen LogP contribution in [0.4, 0.5) is 10.6 Å². The standard InChI is InChI=1S/C16H23IN4O2/c1-16(2,3)23-15(22)21-8-10-6-12(7-11(10)9-21)18-14-5-4-13(17)19-20-14/h4-5,10-12H,6-9H2,1-3H3,(H,18,20)/t10-,11?,12+/m1/s1. The smallest absolute Gasteiger partial charge is 0.410 e. The van der Waals surface area contributed by atoms with Crippen molar-refractivity contribution in [1.29, 1.82) is 0 Å². The number of ether oxygens (including phenoxy) is 1. The van der Waals surface area contributed by atoms with Crippen LogP contribution in [0.2, 0.25) is 0 Å². The van der Waals surface area contributed by atoms with E-state index in [1.807, 2.05) is 37.8 Å². The topological polar surface area (TPSA) is 67.3 Å². The Hall–Kier alpha value is -1.12. The molecule has 3 atom stereocenters. The number of aromatic nitrogens is 2. The van der Waals surface area contributed by atoms with Gasteiger partial charge in [-0.05, 0) is 80.2 Å². The van der Waals surface area contributed by atoms with E-state index in [1.54, 1.807) is 0 Å². The summed E-state index contributed by atoms with van der Waals surface area (Å²) in [5.74, 6) is 1.94. The summed E-state index contributed by atoms with van der Waals surface area (Å²) in [4.78, 5) is 14.0. The minimum Gasteiger partial charge on any atom is -0.444 e. The Morgan fingerprint density at radius 3 is 2.43 bits per heavy atom. The van der Waals surface area contributed by atoms with Crippen LogP contribution in [0.15, 0.2) is 12.1 Å². The predicted octanol–water partition coefficient (Wildman–Crippen LogP) is 3.14. The number of nitrogens with one attached hydrogen (secondary N) is 1. The molecule has 6 nitrogen and oxygen atoms in total. The van der Waals surface area contributed by atoms with Crippen molar-refractivity contribution in [3.63, 3.8) is 0 Å². The summed E-state index contributed by atoms with van der Waals surface area (Å²) in [5.41, 5.74) is -0.428. The number of likely N-dealkylation sites (tertiary alicyclic amines) is 1. The summed E-state index contributed by atoms with van der Waals surface area (Å²) in [7, 11) is 0. The second-order valence-corrected chi connectivity index (χ2v) is 8.56. The molecule has 0 aromatic carbocycles. The molecule has 126 valence electrons. The molecule has 0 spiro atoms. The third kappa shape index (κ3) is 4.24. The number of hydrogen-bond acceptors (Lipinski definition) is 5. The van der Waals surface area contributed by atoms with E-state index < -0.39 is 5.60 Å². The Balaban J connectivity index is 1.51. The lowest BCUT2D eigenvalue weighted by molar-refractivity contribution is 0.0280. The predicted molar refractivity (Wildman–Crippen MR) is 96.2 cm³/mol. The number of rotatable bonds is 2. The molecule has 1 aromatic heterocycles. The molecular formula is C16H23IN4O2. The van der Waals surface area contributed by atoms with Crippen molar-refractivity contribution in [3.05, 3.63) is 15.8 Å². The van der Waals surface area contributed by atoms with Crippen LogP contribution >= 0.6 is 22.6 Å². The molecule has 23 heavy (non-hydrogen) atoms. The van der Waals surface area contributed by atoms with Crippen LogP contribution in [0, 0.1) is 15.5 Å². The fourth-order valence-electron chi connectivity index (χ4n) is 3.50. The van der Waals surface area contributed by atoms with E-state index >= 15 is 0 Å². The van der Waals surface area contributed by atoms with Gasteiger partial charge in [-0.15, -0.1) is 10.2 Å². The second-order valence-electron chi connectivity index (χ2n) is 7.46. The monoisotopic (exact) mass is 430 g/mol. The van der Waals surface area contributed by atoms with Crippen molar-refractivity contribution in [1.82, 2.24) is 15.1 Å². The second kappa shape index (κ2) is 6.41. The summed E-state index contributed by atoms with van der Waals surface area (Å²) >= 11 is 2.15. The van der Waals surface area contributed by atoms with Gasteiger partial charge in [0.1, 0.15) is 15.1 Å². The van der Waals surface area contributed by atoms with Crippen molar-refractivity contribution in [2.45, 2.75) is 45.3 Å². The number of amides is 1. The minimum absolute atomic E-state index is 0.181. The average molecular weight is 430 g/mol. The Morgan fingerprint density at radius 2 is 1.91 bits per heavy atom. The molecule has 1 amide bonds. The van der Waals surface area contributed by atoms with Gasteiger partial charge >= 0.3 is 6.09 Å². The molecule has 3 rings (SSSR count). The lowest BCUT2D eigenvalue weighted by Crippen LogP contribution is -2.36. The van der Waals surface area contributed by atoms with Crippen LogP contribution in [0.25, 0.3) is 0 Å². The van der Waals surface area contributed by atoms with Crippen LogP contribution in [-0.2, 0) is 4.74 Å². The number of carbonyl (C=O) groups is 1. The molecule has 2 heterocycles. The van der Waals surface area contributed by atoms with Gasteiger partial charge in [0.2, 0.25) is 0 Å². The molecule has 1 aliphatic heterocycles. The quantitative estimate of drug-likeness (QED) is 0.731. The normalized spacial score (nSPS) is 27.0. The molecule has 0 radical (unpaired) electrons. The number of nitrogens with zero attached hydrogens (tertiary/aromatic N) is 3. The van der Waals surface area contributed by atoms with Crippen LogP contribution in [0.3, 0.4) is 0 Å². The third-order valence-corrected chi connectivity index (χ3v) is 4.96. The number of fused-ring (bicyclic) bond motifs is 1. The molecular weight excluding hydrogens is 407 g/mol. The molecule has 1 aliphatic carbocycles. The fourth-order valence-corrected chi connectivity index (χ4v) is 3.78. The Kier molecular flexibility index (Phi) is 4.66. The summed E-state index contributed by atoms with van der Waals surface area (Å²) in [6, 6.07) is 4.34. The van der Waals surface area contributed by atoms with E-state index in [0.717, 1.165) is 35.4 Å². The van der Waals surface area contributed by atoms with Gasteiger partial charge in [0.15, 0.2) is 0 Å². The highest BCUT2D eigenvalue weighted by atomic mass is 127. The van der Waals surface area contributed by atoms with Gasteiger partial charge in [-0.25, -0.2) is 4.79 Å². The lowest BCUT2D eigenvalue weighted by Gasteiger charge is -2.25. The Labute approximate surface area is 150 Å². The molecule has 1 saturated heterocycles. The molecule has 1 aromatic rings. The maximum atomic E-state index is 12.2. The van der Waals surface area contributed by atoms with E-state index in [4.69, 9.17) is 4.74 Å². The zero-order chi connectivity index (χ0) is 16.6. The van der Waals surface area contributed by atoms with Gasteiger partial charge in [-0.2, -0.15) is 0 Å². The summed E-state index contributed by atoms with van der Waals surface area (Å²) in [6.45, 7) is 7.32. The maximum Gasteiger partial charge on any atom is 0.410 e. The summed E-state index contributed by atoms with van der Waals surface area (Å²) in [5, 5.41) is 11.7. The van der Waals surface area contributed by atoms with Crippen molar-refractivity contribution in [2.75, 3.05) is 18.4 Å². The van der Waals surface area contributed by atoms with Gasteiger partial charge < -0.3 is 15.0 Å².